The Balaban J connectivity index is 2.76. The summed E-state index contributed by atoms with van der Waals surface area (Å²) < 4.78 is 36.6. The molecule has 0 aromatic heterocycles. The highest BCUT2D eigenvalue weighted by atomic mass is 35.5. The number of hydrogen-bond acceptors (Lipinski definition) is 2. The van der Waals surface area contributed by atoms with E-state index in [0.29, 0.717) is 22.3 Å². The quantitative estimate of drug-likeness (QED) is 0.653. The molecule has 1 amide bonds. The van der Waals surface area contributed by atoms with Crippen LogP contribution in [-0.4, -0.2) is 23.7 Å². The SMILES string of the molecule is CC(CCl)C(=O)Nc1ccccc1SCC(F)(F)F. The molecule has 0 saturated heterocycles. The molecule has 1 unspecified atom stereocenters. The minimum atomic E-state index is -4.24. The molecule has 1 aromatic rings. The summed E-state index contributed by atoms with van der Waals surface area (Å²) in [6.45, 7) is 1.65. The molecule has 1 atom stereocenters. The molecule has 1 N–H and O–H groups in total. The van der Waals surface area contributed by atoms with Gasteiger partial charge in [-0.2, -0.15) is 13.2 Å². The number of thioether (sulfide) groups is 1. The maximum Gasteiger partial charge on any atom is 0.398 e. The first-order valence-electron chi connectivity index (χ1n) is 5.49. The summed E-state index contributed by atoms with van der Waals surface area (Å²) in [7, 11) is 0. The molecule has 1 rings (SSSR count). The third kappa shape index (κ3) is 5.74. The van der Waals surface area contributed by atoms with Crippen LogP contribution in [0.1, 0.15) is 6.92 Å². The molecule has 7 heteroatoms. The number of amides is 1. The molecule has 0 fully saturated rings. The predicted octanol–water partition coefficient (Wildman–Crippen LogP) is 4.15. The highest BCUT2D eigenvalue weighted by molar-refractivity contribution is 7.99. The normalized spacial score (nSPS) is 13.1. The van der Waals surface area contributed by atoms with E-state index in [1.54, 1.807) is 25.1 Å². The van der Waals surface area contributed by atoms with Crippen LogP contribution in [0.5, 0.6) is 0 Å². The number of carbonyl (C=O) groups excluding carboxylic acids is 1. The van der Waals surface area contributed by atoms with Crippen molar-refractivity contribution in [3.63, 3.8) is 0 Å². The Bertz CT molecular complexity index is 439. The Morgan fingerprint density at radius 2 is 2.05 bits per heavy atom. The van der Waals surface area contributed by atoms with Crippen molar-refractivity contribution >= 4 is 35.0 Å². The number of hydrogen-bond donors (Lipinski definition) is 1. The van der Waals surface area contributed by atoms with Gasteiger partial charge in [-0.15, -0.1) is 23.4 Å². The van der Waals surface area contributed by atoms with E-state index in [1.165, 1.54) is 6.07 Å². The number of carbonyl (C=O) groups is 1. The number of para-hydroxylation sites is 1. The second-order valence-electron chi connectivity index (χ2n) is 3.94. The van der Waals surface area contributed by atoms with Gasteiger partial charge in [0.25, 0.3) is 0 Å². The monoisotopic (exact) mass is 311 g/mol. The number of benzene rings is 1. The molecule has 1 aromatic carbocycles. The fourth-order valence-corrected chi connectivity index (χ4v) is 2.09. The van der Waals surface area contributed by atoms with Crippen LogP contribution in [-0.2, 0) is 4.79 Å². The maximum atomic E-state index is 12.2. The predicted molar refractivity (Wildman–Crippen MR) is 71.7 cm³/mol. The van der Waals surface area contributed by atoms with Crippen molar-refractivity contribution in [1.82, 2.24) is 0 Å². The minimum Gasteiger partial charge on any atom is -0.325 e. The zero-order chi connectivity index (χ0) is 14.5. The summed E-state index contributed by atoms with van der Waals surface area (Å²) in [4.78, 5) is 12.1. The Labute approximate surface area is 118 Å². The van der Waals surface area contributed by atoms with Crippen molar-refractivity contribution in [3.05, 3.63) is 24.3 Å². The third-order valence-corrected chi connectivity index (χ3v) is 3.82. The molecule has 0 aliphatic carbocycles. The lowest BCUT2D eigenvalue weighted by Crippen LogP contribution is -2.21. The summed E-state index contributed by atoms with van der Waals surface area (Å²) >= 11 is 6.20. The Kier molecular flexibility index (Phi) is 6.00. The number of alkyl halides is 4. The van der Waals surface area contributed by atoms with E-state index >= 15 is 0 Å². The van der Waals surface area contributed by atoms with Gasteiger partial charge >= 0.3 is 6.18 Å². The van der Waals surface area contributed by atoms with Gasteiger partial charge in [-0.05, 0) is 12.1 Å². The van der Waals surface area contributed by atoms with Crippen LogP contribution in [0, 0.1) is 5.92 Å². The molecular weight excluding hydrogens is 299 g/mol. The van der Waals surface area contributed by atoms with E-state index < -0.39 is 17.8 Å². The molecule has 0 bridgehead atoms. The van der Waals surface area contributed by atoms with Gasteiger partial charge < -0.3 is 5.32 Å². The Hall–Kier alpha value is -0.880. The molecular formula is C12H13ClF3NOS. The molecule has 106 valence electrons. The number of nitrogens with one attached hydrogen (secondary N) is 1. The van der Waals surface area contributed by atoms with Crippen molar-refractivity contribution in [1.29, 1.82) is 0 Å². The average Bonchev–Trinajstić information content (AvgIpc) is 2.35. The van der Waals surface area contributed by atoms with Crippen LogP contribution in [0.2, 0.25) is 0 Å². The van der Waals surface area contributed by atoms with Crippen molar-refractivity contribution in [2.45, 2.75) is 18.0 Å². The summed E-state index contributed by atoms with van der Waals surface area (Å²) in [6.07, 6.45) is -4.24. The largest absolute Gasteiger partial charge is 0.398 e. The van der Waals surface area contributed by atoms with Crippen LogP contribution in [0.25, 0.3) is 0 Å². The first-order chi connectivity index (χ1) is 8.83. The first-order valence-corrected chi connectivity index (χ1v) is 7.01. The van der Waals surface area contributed by atoms with Crippen molar-refractivity contribution in [3.8, 4) is 0 Å². The van der Waals surface area contributed by atoms with Crippen molar-refractivity contribution < 1.29 is 18.0 Å². The smallest absolute Gasteiger partial charge is 0.325 e. The molecule has 19 heavy (non-hydrogen) atoms. The van der Waals surface area contributed by atoms with Crippen LogP contribution >= 0.6 is 23.4 Å². The molecule has 0 spiro atoms. The molecule has 0 aliphatic heterocycles. The summed E-state index contributed by atoms with van der Waals surface area (Å²) in [6, 6.07) is 6.38. The van der Waals surface area contributed by atoms with Gasteiger partial charge in [-0.25, -0.2) is 0 Å². The molecule has 0 radical (unpaired) electrons. The lowest BCUT2D eigenvalue weighted by molar-refractivity contribution is -0.118. The minimum absolute atomic E-state index is 0.156. The molecule has 0 aliphatic rings. The second-order valence-corrected chi connectivity index (χ2v) is 5.27. The van der Waals surface area contributed by atoms with E-state index in [-0.39, 0.29) is 11.8 Å². The molecule has 0 heterocycles. The van der Waals surface area contributed by atoms with E-state index in [1.807, 2.05) is 0 Å². The number of anilines is 1. The second kappa shape index (κ2) is 7.05. The van der Waals surface area contributed by atoms with E-state index in [2.05, 4.69) is 5.32 Å². The van der Waals surface area contributed by atoms with Crippen LogP contribution in [0.3, 0.4) is 0 Å². The first kappa shape index (κ1) is 16.2. The van der Waals surface area contributed by atoms with Crippen LogP contribution < -0.4 is 5.32 Å². The fourth-order valence-electron chi connectivity index (χ4n) is 1.18. The van der Waals surface area contributed by atoms with E-state index in [4.69, 9.17) is 11.6 Å². The summed E-state index contributed by atoms with van der Waals surface area (Å²) in [5, 5.41) is 2.59. The van der Waals surface area contributed by atoms with Crippen molar-refractivity contribution in [2.24, 2.45) is 5.92 Å². The third-order valence-electron chi connectivity index (χ3n) is 2.22. The molecule has 0 saturated carbocycles. The van der Waals surface area contributed by atoms with Gasteiger partial charge in [0.05, 0.1) is 11.4 Å². The zero-order valence-corrected chi connectivity index (χ0v) is 11.7. The Morgan fingerprint density at radius 1 is 1.42 bits per heavy atom. The van der Waals surface area contributed by atoms with E-state index in [0.717, 1.165) is 0 Å². The lowest BCUT2D eigenvalue weighted by Gasteiger charge is -2.13. The zero-order valence-electron chi connectivity index (χ0n) is 10.1. The topological polar surface area (TPSA) is 29.1 Å². The average molecular weight is 312 g/mol. The summed E-state index contributed by atoms with van der Waals surface area (Å²) in [5.74, 6) is -1.55. The van der Waals surface area contributed by atoms with Gasteiger partial charge in [0, 0.05) is 16.7 Å². The van der Waals surface area contributed by atoms with Gasteiger partial charge in [-0.3, -0.25) is 4.79 Å². The fraction of sp³-hybridized carbons (Fsp3) is 0.417. The standard InChI is InChI=1S/C12H13ClF3NOS/c1-8(6-13)11(18)17-9-4-2-3-5-10(9)19-7-12(14,15)16/h2-5,8H,6-7H2,1H3,(H,17,18). The van der Waals surface area contributed by atoms with Gasteiger partial charge in [-0.1, -0.05) is 19.1 Å². The molecule has 2 nitrogen and oxygen atoms in total. The van der Waals surface area contributed by atoms with Gasteiger partial charge in [0.1, 0.15) is 0 Å². The summed E-state index contributed by atoms with van der Waals surface area (Å²) in [5.41, 5.74) is 0.374. The van der Waals surface area contributed by atoms with Crippen LogP contribution in [0.15, 0.2) is 29.2 Å². The highest BCUT2D eigenvalue weighted by Gasteiger charge is 2.27. The van der Waals surface area contributed by atoms with Gasteiger partial charge in [0.15, 0.2) is 0 Å². The number of halogens is 4. The van der Waals surface area contributed by atoms with E-state index in [9.17, 15) is 18.0 Å². The lowest BCUT2D eigenvalue weighted by atomic mass is 10.2. The van der Waals surface area contributed by atoms with Crippen LogP contribution in [0.4, 0.5) is 18.9 Å². The van der Waals surface area contributed by atoms with Gasteiger partial charge in [0.2, 0.25) is 5.91 Å². The van der Waals surface area contributed by atoms with Crippen molar-refractivity contribution in [2.75, 3.05) is 16.9 Å². The highest BCUT2D eigenvalue weighted by Crippen LogP contribution is 2.32. The number of rotatable bonds is 5. The maximum absolute atomic E-state index is 12.2. The Morgan fingerprint density at radius 3 is 2.63 bits per heavy atom.